The quantitative estimate of drug-likeness (QED) is 0.413. The van der Waals surface area contributed by atoms with Crippen molar-refractivity contribution in [2.75, 3.05) is 5.43 Å². The molecule has 2 N–H and O–H groups in total. The summed E-state index contributed by atoms with van der Waals surface area (Å²) in [5, 5.41) is 24.8. The number of nitrogens with one attached hydrogen (secondary N) is 1. The van der Waals surface area contributed by atoms with E-state index >= 15 is 0 Å². The van der Waals surface area contributed by atoms with Crippen molar-refractivity contribution in [1.82, 2.24) is 9.55 Å². The average molecular weight is 353 g/mol. The van der Waals surface area contributed by atoms with Crippen molar-refractivity contribution in [2.24, 2.45) is 5.10 Å². The highest BCUT2D eigenvalue weighted by atomic mass is 16.6. The van der Waals surface area contributed by atoms with Crippen LogP contribution in [0.25, 0.3) is 10.9 Å². The number of nitro groups is 1. The van der Waals surface area contributed by atoms with Gasteiger partial charge in [0.1, 0.15) is 0 Å². The first-order valence-corrected chi connectivity index (χ1v) is 7.77. The van der Waals surface area contributed by atoms with Crippen molar-refractivity contribution in [3.05, 3.63) is 68.5 Å². The Bertz CT molecular complexity index is 1070. The topological polar surface area (TPSA) is 123 Å². The molecule has 0 saturated carbocycles. The fourth-order valence-corrected chi connectivity index (χ4v) is 2.48. The van der Waals surface area contributed by atoms with E-state index < -0.39 is 16.4 Å². The van der Waals surface area contributed by atoms with Crippen LogP contribution in [0.15, 0.2) is 52.4 Å². The predicted octanol–water partition coefficient (Wildman–Crippen LogP) is 2.48. The zero-order valence-electron chi connectivity index (χ0n) is 13.8. The highest BCUT2D eigenvalue weighted by molar-refractivity contribution is 5.82. The number of fused-ring (bicyclic) bond motifs is 1. The lowest BCUT2D eigenvalue weighted by molar-refractivity contribution is -0.385. The molecular formula is C17H15N5O4. The van der Waals surface area contributed by atoms with E-state index in [0.29, 0.717) is 23.0 Å². The van der Waals surface area contributed by atoms with Crippen LogP contribution in [0, 0.1) is 10.1 Å². The van der Waals surface area contributed by atoms with Gasteiger partial charge in [-0.2, -0.15) is 5.10 Å². The number of hydrogen-bond donors (Lipinski definition) is 2. The van der Waals surface area contributed by atoms with Crippen LogP contribution in [0.5, 0.6) is 5.75 Å². The largest absolute Gasteiger partial charge is 0.502 e. The number of aromatic hydroxyl groups is 1. The molecule has 0 aliphatic carbocycles. The molecule has 0 spiro atoms. The van der Waals surface area contributed by atoms with Gasteiger partial charge in [0.15, 0.2) is 5.75 Å². The van der Waals surface area contributed by atoms with Gasteiger partial charge in [0.2, 0.25) is 5.95 Å². The van der Waals surface area contributed by atoms with Crippen molar-refractivity contribution in [3.63, 3.8) is 0 Å². The van der Waals surface area contributed by atoms with Crippen LogP contribution in [0.1, 0.15) is 12.5 Å². The molecule has 0 fully saturated rings. The van der Waals surface area contributed by atoms with Gasteiger partial charge in [0.25, 0.3) is 5.56 Å². The molecule has 132 valence electrons. The van der Waals surface area contributed by atoms with Crippen LogP contribution < -0.4 is 11.0 Å². The second-order valence-electron chi connectivity index (χ2n) is 5.38. The summed E-state index contributed by atoms with van der Waals surface area (Å²) in [4.78, 5) is 27.1. The Morgan fingerprint density at radius 1 is 1.35 bits per heavy atom. The van der Waals surface area contributed by atoms with E-state index in [1.54, 1.807) is 24.3 Å². The minimum absolute atomic E-state index is 0.184. The van der Waals surface area contributed by atoms with Gasteiger partial charge in [-0.15, -0.1) is 0 Å². The van der Waals surface area contributed by atoms with Crippen molar-refractivity contribution < 1.29 is 10.0 Å². The van der Waals surface area contributed by atoms with Gasteiger partial charge >= 0.3 is 5.69 Å². The van der Waals surface area contributed by atoms with E-state index in [0.717, 1.165) is 0 Å². The molecule has 0 aliphatic heterocycles. The summed E-state index contributed by atoms with van der Waals surface area (Å²) in [6, 6.07) is 10.9. The molecular weight excluding hydrogens is 338 g/mol. The van der Waals surface area contributed by atoms with E-state index in [1.807, 2.05) is 6.92 Å². The Hall–Kier alpha value is -3.75. The Morgan fingerprint density at radius 3 is 2.85 bits per heavy atom. The number of aromatic nitrogens is 2. The number of benzene rings is 2. The van der Waals surface area contributed by atoms with Crippen LogP contribution in [0.3, 0.4) is 0 Å². The first-order valence-electron chi connectivity index (χ1n) is 7.77. The SMILES string of the molecule is CCn1c(N/N=C\c2ccc(O)c([N+](=O)[O-])c2)nc2ccccc2c1=O. The molecule has 0 amide bonds. The second-order valence-corrected chi connectivity index (χ2v) is 5.38. The number of para-hydroxylation sites is 1. The van der Waals surface area contributed by atoms with Gasteiger partial charge in [-0.25, -0.2) is 10.4 Å². The van der Waals surface area contributed by atoms with Crippen molar-refractivity contribution in [1.29, 1.82) is 0 Å². The number of hydrogen-bond acceptors (Lipinski definition) is 7. The maximum Gasteiger partial charge on any atom is 0.311 e. The molecule has 3 aromatic rings. The summed E-state index contributed by atoms with van der Waals surface area (Å²) < 4.78 is 1.44. The number of anilines is 1. The lowest BCUT2D eigenvalue weighted by Crippen LogP contribution is -2.23. The van der Waals surface area contributed by atoms with Gasteiger partial charge in [-0.1, -0.05) is 12.1 Å². The van der Waals surface area contributed by atoms with Crippen LogP contribution in [0.4, 0.5) is 11.6 Å². The Morgan fingerprint density at radius 2 is 2.12 bits per heavy atom. The number of nitro benzene ring substituents is 1. The van der Waals surface area contributed by atoms with Gasteiger partial charge in [0.05, 0.1) is 22.0 Å². The number of rotatable bonds is 5. The van der Waals surface area contributed by atoms with Crippen LogP contribution in [-0.4, -0.2) is 25.8 Å². The summed E-state index contributed by atoms with van der Waals surface area (Å²) in [6.07, 6.45) is 1.34. The third-order valence-corrected chi connectivity index (χ3v) is 3.75. The minimum atomic E-state index is -0.681. The Labute approximate surface area is 147 Å². The van der Waals surface area contributed by atoms with Gasteiger partial charge in [-0.05, 0) is 31.2 Å². The van der Waals surface area contributed by atoms with E-state index in [2.05, 4.69) is 15.5 Å². The number of phenolic OH excluding ortho intramolecular Hbond substituents is 1. The smallest absolute Gasteiger partial charge is 0.311 e. The highest BCUT2D eigenvalue weighted by Gasteiger charge is 2.13. The molecule has 9 nitrogen and oxygen atoms in total. The number of hydrazone groups is 1. The van der Waals surface area contributed by atoms with Crippen LogP contribution in [-0.2, 0) is 6.54 Å². The zero-order valence-corrected chi connectivity index (χ0v) is 13.8. The molecule has 0 unspecified atom stereocenters. The Balaban J connectivity index is 1.92. The average Bonchev–Trinajstić information content (AvgIpc) is 2.63. The maximum atomic E-state index is 12.5. The summed E-state index contributed by atoms with van der Waals surface area (Å²) in [5.41, 5.74) is 3.05. The molecule has 1 aromatic heterocycles. The van der Waals surface area contributed by atoms with Crippen molar-refractivity contribution in [2.45, 2.75) is 13.5 Å². The zero-order chi connectivity index (χ0) is 18.7. The van der Waals surface area contributed by atoms with Crippen molar-refractivity contribution >= 4 is 28.8 Å². The van der Waals surface area contributed by atoms with E-state index in [4.69, 9.17) is 0 Å². The molecule has 26 heavy (non-hydrogen) atoms. The predicted molar refractivity (Wildman–Crippen MR) is 97.7 cm³/mol. The third kappa shape index (κ3) is 3.22. The number of nitrogens with zero attached hydrogens (tertiary/aromatic N) is 4. The third-order valence-electron chi connectivity index (χ3n) is 3.75. The number of phenols is 1. The first-order chi connectivity index (χ1) is 12.5. The van der Waals surface area contributed by atoms with Gasteiger partial charge in [-0.3, -0.25) is 19.5 Å². The summed E-state index contributed by atoms with van der Waals surface area (Å²) in [5.74, 6) is -0.156. The second kappa shape index (κ2) is 7.01. The van der Waals surface area contributed by atoms with Crippen LogP contribution in [0.2, 0.25) is 0 Å². The fourth-order valence-electron chi connectivity index (χ4n) is 2.48. The lowest BCUT2D eigenvalue weighted by atomic mass is 10.2. The fraction of sp³-hybridized carbons (Fsp3) is 0.118. The van der Waals surface area contributed by atoms with Gasteiger partial charge < -0.3 is 5.11 Å². The van der Waals surface area contributed by atoms with Crippen LogP contribution >= 0.6 is 0 Å². The van der Waals surface area contributed by atoms with E-state index in [-0.39, 0.29) is 11.5 Å². The summed E-state index contributed by atoms with van der Waals surface area (Å²) >= 11 is 0. The minimum Gasteiger partial charge on any atom is -0.502 e. The molecule has 0 atom stereocenters. The van der Waals surface area contributed by atoms with E-state index in [1.165, 1.54) is 29.0 Å². The molecule has 9 heteroatoms. The molecule has 0 aliphatic rings. The van der Waals surface area contributed by atoms with E-state index in [9.17, 15) is 20.0 Å². The normalized spacial score (nSPS) is 11.1. The maximum absolute atomic E-state index is 12.5. The summed E-state index contributed by atoms with van der Waals surface area (Å²) in [7, 11) is 0. The standard InChI is InChI=1S/C17H15N5O4/c1-2-21-16(24)12-5-3-4-6-13(12)19-17(21)20-18-10-11-7-8-15(23)14(9-11)22(25)26/h3-10,23H,2H2,1H3,(H,19,20)/b18-10-. The highest BCUT2D eigenvalue weighted by Crippen LogP contribution is 2.25. The van der Waals surface area contributed by atoms with Gasteiger partial charge in [0, 0.05) is 18.2 Å². The molecule has 1 heterocycles. The Kier molecular flexibility index (Phi) is 4.61. The summed E-state index contributed by atoms with van der Waals surface area (Å²) in [6.45, 7) is 2.22. The molecule has 0 bridgehead atoms. The monoisotopic (exact) mass is 353 g/mol. The molecule has 2 aromatic carbocycles. The molecule has 3 rings (SSSR count). The molecule has 0 saturated heterocycles. The first kappa shape index (κ1) is 17.1. The molecule has 0 radical (unpaired) electrons. The lowest BCUT2D eigenvalue weighted by Gasteiger charge is -2.10. The van der Waals surface area contributed by atoms with Crippen molar-refractivity contribution in [3.8, 4) is 5.75 Å².